The highest BCUT2D eigenvalue weighted by atomic mass is 19.1. The number of carbonyl (C=O) groups is 4. The summed E-state index contributed by atoms with van der Waals surface area (Å²) in [6.45, 7) is 6.29. The summed E-state index contributed by atoms with van der Waals surface area (Å²) in [4.78, 5) is 67.2. The summed E-state index contributed by atoms with van der Waals surface area (Å²) in [6.07, 6.45) is 10.2. The van der Waals surface area contributed by atoms with E-state index in [-0.39, 0.29) is 74.7 Å². The lowest BCUT2D eigenvalue weighted by molar-refractivity contribution is -0.159. The lowest BCUT2D eigenvalue weighted by Gasteiger charge is -2.30. The number of anilines is 1. The number of alkyl halides is 1. The molecule has 0 aliphatic carbocycles. The van der Waals surface area contributed by atoms with Crippen LogP contribution in [0.5, 0.6) is 0 Å². The van der Waals surface area contributed by atoms with Crippen molar-refractivity contribution < 1.29 is 37.8 Å². The fourth-order valence-corrected chi connectivity index (χ4v) is 6.39. The Bertz CT molecular complexity index is 1910. The minimum absolute atomic E-state index is 0.0115. The van der Waals surface area contributed by atoms with Gasteiger partial charge in [-0.3, -0.25) is 24.0 Å². The number of nitrogen functional groups attached to an aromatic ring is 1. The van der Waals surface area contributed by atoms with E-state index in [1.54, 1.807) is 31.3 Å². The number of esters is 1. The van der Waals surface area contributed by atoms with Gasteiger partial charge in [-0.05, 0) is 31.8 Å². The number of aromatic nitrogens is 6. The Balaban J connectivity index is 1.32. The largest absolute Gasteiger partial charge is 0.460 e. The molecule has 294 valence electrons. The molecule has 5 unspecified atom stereocenters. The van der Waals surface area contributed by atoms with Gasteiger partial charge in [0.25, 0.3) is 5.91 Å². The zero-order valence-corrected chi connectivity index (χ0v) is 31.0. The third kappa shape index (κ3) is 11.6. The number of hydrogen-bond acceptors (Lipinski definition) is 13. The van der Waals surface area contributed by atoms with Crippen molar-refractivity contribution in [3.8, 4) is 11.4 Å². The molecule has 0 saturated carbocycles. The van der Waals surface area contributed by atoms with Crippen LogP contribution in [0.25, 0.3) is 11.4 Å². The van der Waals surface area contributed by atoms with Crippen LogP contribution >= 0.6 is 0 Å². The summed E-state index contributed by atoms with van der Waals surface area (Å²) in [6, 6.07) is -0.936. The fourth-order valence-electron chi connectivity index (χ4n) is 6.39. The van der Waals surface area contributed by atoms with E-state index in [2.05, 4.69) is 35.9 Å². The molecule has 2 aliphatic rings. The number of ether oxygens (including phenoxy) is 1. The highest BCUT2D eigenvalue weighted by Crippen LogP contribution is 2.27. The molecule has 3 aromatic heterocycles. The second-order valence-electron chi connectivity index (χ2n) is 13.9. The average molecular weight is 763 g/mol. The number of cyclic esters (lactones) is 1. The number of carbonyl (C=O) groups excluding carboxylic acids is 4. The maximum absolute atomic E-state index is 14.8. The highest BCUT2D eigenvalue weighted by Gasteiger charge is 2.39. The van der Waals surface area contributed by atoms with Crippen molar-refractivity contribution in [1.82, 2.24) is 45.5 Å². The number of rotatable bonds is 7. The lowest BCUT2D eigenvalue weighted by Crippen LogP contribution is -2.44. The van der Waals surface area contributed by atoms with Crippen LogP contribution in [0.1, 0.15) is 62.8 Å². The van der Waals surface area contributed by atoms with Gasteiger partial charge in [0.05, 0.1) is 37.7 Å². The molecule has 17 nitrogen and oxygen atoms in total. The van der Waals surface area contributed by atoms with E-state index >= 15 is 0 Å². The molecule has 3 amide bonds. The van der Waals surface area contributed by atoms with Crippen molar-refractivity contribution in [1.29, 1.82) is 0 Å². The Kier molecular flexibility index (Phi) is 14.0. The van der Waals surface area contributed by atoms with Crippen LogP contribution in [0.4, 0.5) is 10.2 Å². The molecule has 3 aromatic rings. The zero-order chi connectivity index (χ0) is 39.5. The fraction of sp³-hybridized carbons (Fsp3) is 0.486. The van der Waals surface area contributed by atoms with Crippen LogP contribution in [0.15, 0.2) is 65.2 Å². The van der Waals surface area contributed by atoms with Crippen molar-refractivity contribution in [3.63, 3.8) is 0 Å². The average Bonchev–Trinajstić information content (AvgIpc) is 3.92. The number of nitrogens with one attached hydrogen (secondary N) is 2. The van der Waals surface area contributed by atoms with Crippen LogP contribution in [0.2, 0.25) is 0 Å². The van der Waals surface area contributed by atoms with Crippen molar-refractivity contribution in [3.05, 3.63) is 72.4 Å². The smallest absolute Gasteiger partial charge is 0.329 e. The van der Waals surface area contributed by atoms with Gasteiger partial charge in [0.2, 0.25) is 11.8 Å². The molecule has 0 aromatic carbocycles. The van der Waals surface area contributed by atoms with Gasteiger partial charge in [0, 0.05) is 38.4 Å². The summed E-state index contributed by atoms with van der Waals surface area (Å²) in [5.74, 6) is -2.83. The first-order chi connectivity index (χ1) is 26.4. The third-order valence-electron chi connectivity index (χ3n) is 9.04. The van der Waals surface area contributed by atoms with Crippen LogP contribution in [-0.4, -0.2) is 108 Å². The first-order valence-corrected chi connectivity index (χ1v) is 18.2. The molecule has 18 heteroatoms. The van der Waals surface area contributed by atoms with Gasteiger partial charge in [-0.15, -0.1) is 5.10 Å². The van der Waals surface area contributed by atoms with E-state index < -0.39 is 48.1 Å². The monoisotopic (exact) mass is 762 g/mol. The first kappa shape index (κ1) is 40.4. The van der Waals surface area contributed by atoms with Crippen LogP contribution in [-0.2, 0) is 32.1 Å². The van der Waals surface area contributed by atoms with Gasteiger partial charge in [0.1, 0.15) is 41.8 Å². The number of oxazole rings is 1. The maximum Gasteiger partial charge on any atom is 0.329 e. The number of halogens is 1. The zero-order valence-electron chi connectivity index (χ0n) is 31.0. The molecule has 0 spiro atoms. The standard InChI is InChI=1S/C37H47FN10O7/c1-22(2)35-24(15-33(51)42-11-13-47-20-28(45-46-47)27-18-40-19-31(39)43-27)8-9-32(50)41-10-4-6-23(3)14-26(49)16-25(38)17-34-44-29(21-54-34)36(52)48-12-5-7-30(48)37(53)55-35/h4,6,8-9,14,18-22,24-26,30,35,49H,5,7,10-13,15-17H2,1-3H3,(H2,39,43)(H,41,50)(H,42,51)/b6-4?,9-8+,23-14?. The van der Waals surface area contributed by atoms with Crippen molar-refractivity contribution >= 4 is 29.5 Å². The number of aliphatic hydroxyl groups is 1. The lowest BCUT2D eigenvalue weighted by atomic mass is 9.89. The highest BCUT2D eigenvalue weighted by molar-refractivity contribution is 5.95. The number of amides is 3. The Morgan fingerprint density at radius 2 is 1.98 bits per heavy atom. The van der Waals surface area contributed by atoms with E-state index in [1.165, 1.54) is 34.1 Å². The molecule has 0 radical (unpaired) electrons. The molecule has 5 N–H and O–H groups in total. The second kappa shape index (κ2) is 19.0. The number of allylic oxidation sites excluding steroid dienone is 2. The van der Waals surface area contributed by atoms with Gasteiger partial charge in [-0.1, -0.05) is 48.9 Å². The van der Waals surface area contributed by atoms with E-state index in [0.717, 1.165) is 6.26 Å². The van der Waals surface area contributed by atoms with Gasteiger partial charge in [0.15, 0.2) is 11.6 Å². The minimum Gasteiger partial charge on any atom is -0.460 e. The normalized spacial score (nSPS) is 23.8. The van der Waals surface area contributed by atoms with Crippen molar-refractivity contribution in [2.75, 3.05) is 25.4 Å². The molecular formula is C37H47FN10O7. The molecule has 5 heterocycles. The Morgan fingerprint density at radius 1 is 1.16 bits per heavy atom. The molecule has 2 bridgehead atoms. The topological polar surface area (TPSA) is 234 Å². The number of hydrogen-bond donors (Lipinski definition) is 4. The molecule has 55 heavy (non-hydrogen) atoms. The molecule has 1 fully saturated rings. The predicted molar refractivity (Wildman–Crippen MR) is 196 cm³/mol. The van der Waals surface area contributed by atoms with Crippen LogP contribution in [0, 0.1) is 11.8 Å². The summed E-state index contributed by atoms with van der Waals surface area (Å²) in [5, 5.41) is 24.2. The molecule has 2 aliphatic heterocycles. The third-order valence-corrected chi connectivity index (χ3v) is 9.04. The Hall–Kier alpha value is -5.78. The Morgan fingerprint density at radius 3 is 2.76 bits per heavy atom. The SMILES string of the molecule is CC1=CC(O)CC(F)Cc2nc(co2)C(=O)N2CCCC2C(=O)OC(C(C)C)C(CC(=O)NCCn2cc(-c3cncc(N)n3)nn2)/C=C/C(=O)NCC=C1. The second-order valence-corrected chi connectivity index (χ2v) is 13.9. The van der Waals surface area contributed by atoms with Crippen LogP contribution in [0.3, 0.4) is 0 Å². The van der Waals surface area contributed by atoms with E-state index in [0.29, 0.717) is 29.8 Å². The quantitative estimate of drug-likeness (QED) is 0.253. The maximum atomic E-state index is 14.8. The van der Waals surface area contributed by atoms with Crippen molar-refractivity contribution in [2.45, 2.75) is 83.8 Å². The van der Waals surface area contributed by atoms with Gasteiger partial charge < -0.3 is 35.5 Å². The minimum atomic E-state index is -1.51. The summed E-state index contributed by atoms with van der Waals surface area (Å²) in [7, 11) is 0. The van der Waals surface area contributed by atoms with Crippen LogP contribution < -0.4 is 16.4 Å². The summed E-state index contributed by atoms with van der Waals surface area (Å²) in [5.41, 5.74) is 7.21. The van der Waals surface area contributed by atoms with Gasteiger partial charge in [-0.25, -0.2) is 19.2 Å². The Labute approximate surface area is 317 Å². The van der Waals surface area contributed by atoms with Gasteiger partial charge >= 0.3 is 5.97 Å². The number of aliphatic hydroxyl groups excluding tert-OH is 1. The summed E-state index contributed by atoms with van der Waals surface area (Å²) < 4.78 is 27.9. The summed E-state index contributed by atoms with van der Waals surface area (Å²) >= 11 is 0. The molecule has 5 atom stereocenters. The molecule has 1 saturated heterocycles. The molecular weight excluding hydrogens is 715 g/mol. The first-order valence-electron chi connectivity index (χ1n) is 18.2. The molecule has 5 rings (SSSR count). The van der Waals surface area contributed by atoms with E-state index in [4.69, 9.17) is 14.9 Å². The predicted octanol–water partition coefficient (Wildman–Crippen LogP) is 2.12. The van der Waals surface area contributed by atoms with E-state index in [1.807, 2.05) is 13.8 Å². The number of nitrogens with two attached hydrogens (primary N) is 1. The van der Waals surface area contributed by atoms with Gasteiger partial charge in [-0.2, -0.15) is 0 Å². The van der Waals surface area contributed by atoms with E-state index in [9.17, 15) is 28.7 Å². The number of nitrogens with zero attached hydrogens (tertiary/aromatic N) is 7. The van der Waals surface area contributed by atoms with Crippen molar-refractivity contribution in [2.24, 2.45) is 11.8 Å². The number of fused-ring (bicyclic) bond motifs is 3.